The normalized spacial score (nSPS) is 21.0. The topological polar surface area (TPSA) is 32.3 Å². The van der Waals surface area contributed by atoms with E-state index in [9.17, 15) is 4.79 Å². The Morgan fingerprint density at radius 3 is 2.33 bits per heavy atom. The molecule has 2 aromatic carbocycles. The summed E-state index contributed by atoms with van der Waals surface area (Å²) in [5.74, 6) is 0.167. The number of amides is 1. The third kappa shape index (κ3) is 4.78. The van der Waals surface area contributed by atoms with Crippen molar-refractivity contribution in [3.8, 4) is 11.1 Å². The van der Waals surface area contributed by atoms with Crippen molar-refractivity contribution >= 4 is 5.91 Å². The van der Waals surface area contributed by atoms with Crippen LogP contribution in [0, 0.1) is 0 Å². The van der Waals surface area contributed by atoms with Gasteiger partial charge in [-0.3, -0.25) is 9.69 Å². The lowest BCUT2D eigenvalue weighted by atomic mass is 9.92. The lowest BCUT2D eigenvalue weighted by Gasteiger charge is -2.39. The fourth-order valence-electron chi connectivity index (χ4n) is 3.94. The van der Waals surface area contributed by atoms with Crippen molar-refractivity contribution < 1.29 is 4.79 Å². The van der Waals surface area contributed by atoms with Crippen LogP contribution in [0.2, 0.25) is 0 Å². The van der Waals surface area contributed by atoms with E-state index in [1.54, 1.807) is 0 Å². The van der Waals surface area contributed by atoms with Gasteiger partial charge in [0, 0.05) is 12.6 Å². The Hall–Kier alpha value is -2.13. The van der Waals surface area contributed by atoms with Gasteiger partial charge in [0.05, 0.1) is 5.54 Å². The monoisotopic (exact) mass is 364 g/mol. The van der Waals surface area contributed by atoms with Gasteiger partial charge in [-0.2, -0.15) is 0 Å². The number of nitrogens with one attached hydrogen (secondary N) is 1. The molecular formula is C24H32N2O. The number of likely N-dealkylation sites (tertiary alicyclic amines) is 1. The standard InChI is InChI=1S/C24H32N2O/c1-19(2)25-23(27)24(3)16-8-5-9-17-26(24)18-20-12-14-22(15-13-20)21-10-6-4-7-11-21/h4,6-7,10-15,19H,5,8-9,16-18H2,1-3H3,(H,25,27). The lowest BCUT2D eigenvalue weighted by molar-refractivity contribution is -0.134. The molecule has 1 fully saturated rings. The first kappa shape index (κ1) is 19.6. The van der Waals surface area contributed by atoms with Crippen LogP contribution in [-0.2, 0) is 11.3 Å². The molecule has 3 nitrogen and oxygen atoms in total. The highest BCUT2D eigenvalue weighted by Crippen LogP contribution is 2.30. The summed E-state index contributed by atoms with van der Waals surface area (Å²) in [7, 11) is 0. The van der Waals surface area contributed by atoms with Gasteiger partial charge in [-0.05, 0) is 56.8 Å². The molecule has 3 rings (SSSR count). The van der Waals surface area contributed by atoms with Gasteiger partial charge in [0.1, 0.15) is 0 Å². The lowest BCUT2D eigenvalue weighted by Crippen LogP contribution is -2.57. The molecule has 1 saturated heterocycles. The van der Waals surface area contributed by atoms with Gasteiger partial charge < -0.3 is 5.32 Å². The summed E-state index contributed by atoms with van der Waals surface area (Å²) in [6.07, 6.45) is 4.40. The summed E-state index contributed by atoms with van der Waals surface area (Å²) in [6, 6.07) is 19.4. The molecule has 1 amide bonds. The van der Waals surface area contributed by atoms with Crippen molar-refractivity contribution in [3.05, 3.63) is 60.2 Å². The largest absolute Gasteiger partial charge is 0.352 e. The average Bonchev–Trinajstić information content (AvgIpc) is 2.85. The molecule has 0 aromatic heterocycles. The van der Waals surface area contributed by atoms with Crippen LogP contribution in [0.4, 0.5) is 0 Å². The van der Waals surface area contributed by atoms with Gasteiger partial charge in [-0.25, -0.2) is 0 Å². The molecule has 0 bridgehead atoms. The smallest absolute Gasteiger partial charge is 0.240 e. The molecule has 1 heterocycles. The Labute approximate surface area is 163 Å². The second-order valence-electron chi connectivity index (χ2n) is 8.20. The fourth-order valence-corrected chi connectivity index (χ4v) is 3.94. The van der Waals surface area contributed by atoms with Crippen LogP contribution < -0.4 is 5.32 Å². The summed E-state index contributed by atoms with van der Waals surface area (Å²) in [4.78, 5) is 15.4. The third-order valence-corrected chi connectivity index (χ3v) is 5.63. The van der Waals surface area contributed by atoms with Crippen LogP contribution in [0.1, 0.15) is 52.0 Å². The Morgan fingerprint density at radius 1 is 1.00 bits per heavy atom. The first-order chi connectivity index (χ1) is 13.0. The van der Waals surface area contributed by atoms with E-state index < -0.39 is 5.54 Å². The summed E-state index contributed by atoms with van der Waals surface area (Å²) in [5, 5.41) is 3.15. The van der Waals surface area contributed by atoms with Crippen LogP contribution in [0.5, 0.6) is 0 Å². The van der Waals surface area contributed by atoms with E-state index in [0.717, 1.165) is 32.4 Å². The van der Waals surface area contributed by atoms with E-state index in [0.29, 0.717) is 0 Å². The third-order valence-electron chi connectivity index (χ3n) is 5.63. The van der Waals surface area contributed by atoms with Crippen molar-refractivity contribution in [3.63, 3.8) is 0 Å². The van der Waals surface area contributed by atoms with Gasteiger partial charge >= 0.3 is 0 Å². The number of carbonyl (C=O) groups excluding carboxylic acids is 1. The van der Waals surface area contributed by atoms with Gasteiger partial charge in [0.2, 0.25) is 5.91 Å². The van der Waals surface area contributed by atoms with Crippen LogP contribution in [-0.4, -0.2) is 28.9 Å². The van der Waals surface area contributed by atoms with Crippen molar-refractivity contribution in [1.29, 1.82) is 0 Å². The van der Waals surface area contributed by atoms with Gasteiger partial charge in [-0.1, -0.05) is 67.4 Å². The van der Waals surface area contributed by atoms with Crippen LogP contribution in [0.3, 0.4) is 0 Å². The number of nitrogens with zero attached hydrogens (tertiary/aromatic N) is 1. The van der Waals surface area contributed by atoms with Crippen molar-refractivity contribution in [2.24, 2.45) is 0 Å². The molecular weight excluding hydrogens is 332 g/mol. The second kappa shape index (κ2) is 8.71. The highest BCUT2D eigenvalue weighted by Gasteiger charge is 2.40. The average molecular weight is 365 g/mol. The molecule has 1 unspecified atom stereocenters. The minimum Gasteiger partial charge on any atom is -0.352 e. The quantitative estimate of drug-likeness (QED) is 0.808. The molecule has 2 aromatic rings. The molecule has 0 aliphatic carbocycles. The van der Waals surface area contributed by atoms with Crippen molar-refractivity contribution in [1.82, 2.24) is 10.2 Å². The van der Waals surface area contributed by atoms with Crippen molar-refractivity contribution in [2.45, 2.75) is 64.6 Å². The highest BCUT2D eigenvalue weighted by atomic mass is 16.2. The molecule has 27 heavy (non-hydrogen) atoms. The van der Waals surface area contributed by atoms with Crippen LogP contribution in [0.25, 0.3) is 11.1 Å². The van der Waals surface area contributed by atoms with Gasteiger partial charge in [0.25, 0.3) is 0 Å². The Morgan fingerprint density at radius 2 is 1.67 bits per heavy atom. The Bertz CT molecular complexity index is 739. The van der Waals surface area contributed by atoms with Crippen LogP contribution in [0.15, 0.2) is 54.6 Å². The minimum absolute atomic E-state index is 0.167. The number of benzene rings is 2. The maximum Gasteiger partial charge on any atom is 0.240 e. The van der Waals surface area contributed by atoms with Crippen LogP contribution >= 0.6 is 0 Å². The minimum atomic E-state index is -0.432. The first-order valence-electron chi connectivity index (χ1n) is 10.2. The molecule has 1 N–H and O–H groups in total. The van der Waals surface area contributed by atoms with E-state index in [1.807, 2.05) is 19.9 Å². The zero-order valence-electron chi connectivity index (χ0n) is 16.9. The SMILES string of the molecule is CC(C)NC(=O)C1(C)CCCCCN1Cc1ccc(-c2ccccc2)cc1. The zero-order chi connectivity index (χ0) is 19.3. The predicted octanol–water partition coefficient (Wildman–Crippen LogP) is 5.01. The molecule has 144 valence electrons. The van der Waals surface area contributed by atoms with E-state index in [-0.39, 0.29) is 11.9 Å². The molecule has 0 spiro atoms. The number of rotatable bonds is 5. The zero-order valence-corrected chi connectivity index (χ0v) is 16.9. The first-order valence-corrected chi connectivity index (χ1v) is 10.2. The summed E-state index contributed by atoms with van der Waals surface area (Å²) >= 11 is 0. The number of hydrogen-bond acceptors (Lipinski definition) is 2. The summed E-state index contributed by atoms with van der Waals surface area (Å²) in [5.41, 5.74) is 3.30. The Kier molecular flexibility index (Phi) is 6.33. The molecule has 1 atom stereocenters. The number of hydrogen-bond donors (Lipinski definition) is 1. The molecule has 1 aliphatic heterocycles. The molecule has 0 radical (unpaired) electrons. The number of carbonyl (C=O) groups is 1. The molecule has 1 aliphatic rings. The Balaban J connectivity index is 1.77. The summed E-state index contributed by atoms with van der Waals surface area (Å²) < 4.78 is 0. The van der Waals surface area contributed by atoms with Gasteiger partial charge in [-0.15, -0.1) is 0 Å². The van der Waals surface area contributed by atoms with Gasteiger partial charge in [0.15, 0.2) is 0 Å². The summed E-state index contributed by atoms with van der Waals surface area (Å²) in [6.45, 7) is 7.98. The highest BCUT2D eigenvalue weighted by molar-refractivity contribution is 5.86. The molecule has 0 saturated carbocycles. The van der Waals surface area contributed by atoms with E-state index in [4.69, 9.17) is 0 Å². The van der Waals surface area contributed by atoms with E-state index >= 15 is 0 Å². The maximum absolute atomic E-state index is 13.0. The van der Waals surface area contributed by atoms with E-state index in [1.165, 1.54) is 23.1 Å². The maximum atomic E-state index is 13.0. The molecule has 3 heteroatoms. The second-order valence-corrected chi connectivity index (χ2v) is 8.20. The fraction of sp³-hybridized carbons (Fsp3) is 0.458. The van der Waals surface area contributed by atoms with E-state index in [2.05, 4.69) is 65.7 Å². The predicted molar refractivity (Wildman–Crippen MR) is 112 cm³/mol. The van der Waals surface area contributed by atoms with Crippen molar-refractivity contribution in [2.75, 3.05) is 6.54 Å².